The lowest BCUT2D eigenvalue weighted by Crippen LogP contribution is -2.24. The number of carbonyl (C=O) groups excluding carboxylic acids is 2. The highest BCUT2D eigenvalue weighted by atomic mass is 35.5. The van der Waals surface area contributed by atoms with Crippen molar-refractivity contribution in [2.24, 2.45) is 0 Å². The fourth-order valence-electron chi connectivity index (χ4n) is 3.73. The minimum Gasteiger partial charge on any atom is -0.451 e. The molecular formula is C22H22ClN3O4S. The van der Waals surface area contributed by atoms with Gasteiger partial charge in [0, 0.05) is 23.7 Å². The number of aromatic nitrogens is 2. The number of fused-ring (bicyclic) bond motifs is 2. The van der Waals surface area contributed by atoms with Crippen molar-refractivity contribution in [1.29, 1.82) is 0 Å². The first-order valence-corrected chi connectivity index (χ1v) is 11.3. The molecule has 3 aromatic rings. The fourth-order valence-corrected chi connectivity index (χ4v) is 4.99. The SMILES string of the molecule is Cc1c(Cl)cccc1NC(=O)COC(=O)c1sc2nc3n(c(=O)c2c1C)CCCCC3. The van der Waals surface area contributed by atoms with Crippen LogP contribution in [0.25, 0.3) is 10.2 Å². The predicted molar refractivity (Wildman–Crippen MR) is 121 cm³/mol. The molecular weight excluding hydrogens is 438 g/mol. The van der Waals surface area contributed by atoms with Gasteiger partial charge in [-0.2, -0.15) is 0 Å². The molecule has 1 N–H and O–H groups in total. The zero-order chi connectivity index (χ0) is 22.1. The molecule has 0 saturated carbocycles. The van der Waals surface area contributed by atoms with Gasteiger partial charge in [0.25, 0.3) is 11.5 Å². The second-order valence-electron chi connectivity index (χ2n) is 7.57. The van der Waals surface area contributed by atoms with Crippen molar-refractivity contribution in [3.63, 3.8) is 0 Å². The largest absolute Gasteiger partial charge is 0.451 e. The molecule has 162 valence electrons. The molecule has 0 spiro atoms. The third-order valence-electron chi connectivity index (χ3n) is 5.47. The first-order valence-electron chi connectivity index (χ1n) is 10.1. The Morgan fingerprint density at radius 2 is 2.03 bits per heavy atom. The summed E-state index contributed by atoms with van der Waals surface area (Å²) in [6.07, 6.45) is 3.77. The van der Waals surface area contributed by atoms with Crippen molar-refractivity contribution in [2.45, 2.75) is 46.1 Å². The molecule has 0 unspecified atom stereocenters. The first-order chi connectivity index (χ1) is 14.9. The van der Waals surface area contributed by atoms with Crippen LogP contribution in [0.1, 0.15) is 45.9 Å². The second-order valence-corrected chi connectivity index (χ2v) is 8.97. The third kappa shape index (κ3) is 4.22. The number of aryl methyl sites for hydroxylation is 2. The number of rotatable bonds is 4. The lowest BCUT2D eigenvalue weighted by molar-refractivity contribution is -0.119. The van der Waals surface area contributed by atoms with Crippen LogP contribution in [0.3, 0.4) is 0 Å². The quantitative estimate of drug-likeness (QED) is 0.589. The Hall–Kier alpha value is -2.71. The molecule has 0 bridgehead atoms. The molecule has 0 aliphatic carbocycles. The molecule has 7 nitrogen and oxygen atoms in total. The second kappa shape index (κ2) is 8.80. The van der Waals surface area contributed by atoms with Crippen LogP contribution in [0.5, 0.6) is 0 Å². The Morgan fingerprint density at radius 3 is 2.84 bits per heavy atom. The summed E-state index contributed by atoms with van der Waals surface area (Å²) < 4.78 is 6.94. The van der Waals surface area contributed by atoms with E-state index in [1.807, 2.05) is 0 Å². The van der Waals surface area contributed by atoms with Gasteiger partial charge in [0.05, 0.1) is 5.39 Å². The van der Waals surface area contributed by atoms with Crippen LogP contribution in [0, 0.1) is 13.8 Å². The first kappa shape index (κ1) is 21.5. The number of anilines is 1. The van der Waals surface area contributed by atoms with Crippen LogP contribution in [-0.2, 0) is 22.5 Å². The van der Waals surface area contributed by atoms with E-state index in [9.17, 15) is 14.4 Å². The lowest BCUT2D eigenvalue weighted by Gasteiger charge is -2.09. The summed E-state index contributed by atoms with van der Waals surface area (Å²) in [6, 6.07) is 5.18. The highest BCUT2D eigenvalue weighted by Gasteiger charge is 2.23. The highest BCUT2D eigenvalue weighted by molar-refractivity contribution is 7.20. The van der Waals surface area contributed by atoms with Gasteiger partial charge in [0.2, 0.25) is 0 Å². The zero-order valence-electron chi connectivity index (χ0n) is 17.3. The highest BCUT2D eigenvalue weighted by Crippen LogP contribution is 2.29. The Kier molecular flexibility index (Phi) is 6.11. The molecule has 0 radical (unpaired) electrons. The van der Waals surface area contributed by atoms with E-state index in [4.69, 9.17) is 16.3 Å². The van der Waals surface area contributed by atoms with Gasteiger partial charge in [-0.3, -0.25) is 14.2 Å². The number of carbonyl (C=O) groups is 2. The topological polar surface area (TPSA) is 90.3 Å². The van der Waals surface area contributed by atoms with Crippen molar-refractivity contribution in [3.8, 4) is 0 Å². The van der Waals surface area contributed by atoms with Gasteiger partial charge in [-0.25, -0.2) is 9.78 Å². The maximum atomic E-state index is 13.0. The summed E-state index contributed by atoms with van der Waals surface area (Å²) in [4.78, 5) is 43.4. The van der Waals surface area contributed by atoms with Crippen LogP contribution in [-0.4, -0.2) is 28.0 Å². The van der Waals surface area contributed by atoms with E-state index >= 15 is 0 Å². The predicted octanol–water partition coefficient (Wildman–Crippen LogP) is 4.25. The number of thiophene rings is 1. The standard InChI is InChI=1S/C22H22ClN3O4S/c1-12-14(23)7-6-8-15(12)24-17(27)11-30-22(29)19-13(2)18-20(31-19)25-16-9-4-3-5-10-26(16)21(18)28/h6-8H,3-5,9-11H2,1-2H3,(H,24,27). The maximum absolute atomic E-state index is 13.0. The summed E-state index contributed by atoms with van der Waals surface area (Å²) in [7, 11) is 0. The van der Waals surface area contributed by atoms with Gasteiger partial charge in [-0.1, -0.05) is 24.1 Å². The molecule has 0 fully saturated rings. The number of halogens is 1. The fraction of sp³-hybridized carbons (Fsp3) is 0.364. The molecule has 1 aromatic carbocycles. The van der Waals surface area contributed by atoms with Gasteiger partial charge < -0.3 is 10.1 Å². The van der Waals surface area contributed by atoms with Crippen LogP contribution >= 0.6 is 22.9 Å². The number of nitrogens with zero attached hydrogens (tertiary/aromatic N) is 2. The van der Waals surface area contributed by atoms with Crippen molar-refractivity contribution in [2.75, 3.05) is 11.9 Å². The van der Waals surface area contributed by atoms with Crippen molar-refractivity contribution in [3.05, 3.63) is 55.4 Å². The summed E-state index contributed by atoms with van der Waals surface area (Å²) >= 11 is 7.20. The van der Waals surface area contributed by atoms with Gasteiger partial charge in [0.15, 0.2) is 6.61 Å². The molecule has 31 heavy (non-hydrogen) atoms. The van der Waals surface area contributed by atoms with Gasteiger partial charge in [0.1, 0.15) is 15.5 Å². The van der Waals surface area contributed by atoms with E-state index in [1.54, 1.807) is 36.6 Å². The number of benzene rings is 1. The maximum Gasteiger partial charge on any atom is 0.349 e. The number of hydrogen-bond donors (Lipinski definition) is 1. The third-order valence-corrected chi connectivity index (χ3v) is 7.05. The van der Waals surface area contributed by atoms with Gasteiger partial charge >= 0.3 is 5.97 Å². The molecule has 9 heteroatoms. The summed E-state index contributed by atoms with van der Waals surface area (Å²) in [6.45, 7) is 3.71. The molecule has 4 rings (SSSR count). The number of hydrogen-bond acceptors (Lipinski definition) is 6. The van der Waals surface area contributed by atoms with E-state index < -0.39 is 18.5 Å². The van der Waals surface area contributed by atoms with Crippen molar-refractivity contribution < 1.29 is 14.3 Å². The number of nitrogens with one attached hydrogen (secondary N) is 1. The molecule has 1 aliphatic heterocycles. The van der Waals surface area contributed by atoms with Gasteiger partial charge in [-0.15, -0.1) is 11.3 Å². The average Bonchev–Trinajstić information content (AvgIpc) is 2.91. The summed E-state index contributed by atoms with van der Waals surface area (Å²) in [5.41, 5.74) is 1.73. The Labute approximate surface area is 188 Å². The normalized spacial score (nSPS) is 13.5. The Balaban J connectivity index is 1.52. The van der Waals surface area contributed by atoms with Crippen molar-refractivity contribution in [1.82, 2.24) is 9.55 Å². The van der Waals surface area contributed by atoms with E-state index in [1.165, 1.54) is 0 Å². The molecule has 1 aliphatic rings. The van der Waals surface area contributed by atoms with Crippen LogP contribution in [0.2, 0.25) is 5.02 Å². The van der Waals surface area contributed by atoms with E-state index in [0.29, 0.717) is 37.9 Å². The number of ether oxygens (including phenoxy) is 1. The summed E-state index contributed by atoms with van der Waals surface area (Å²) in [5, 5.41) is 3.68. The summed E-state index contributed by atoms with van der Waals surface area (Å²) in [5.74, 6) is -0.340. The molecule has 2 aromatic heterocycles. The monoisotopic (exact) mass is 459 g/mol. The Morgan fingerprint density at radius 1 is 1.23 bits per heavy atom. The smallest absolute Gasteiger partial charge is 0.349 e. The number of esters is 1. The molecule has 1 amide bonds. The minimum atomic E-state index is -0.641. The Bertz CT molecular complexity index is 1250. The van der Waals surface area contributed by atoms with Crippen LogP contribution in [0.15, 0.2) is 23.0 Å². The van der Waals surface area contributed by atoms with Crippen LogP contribution in [0.4, 0.5) is 5.69 Å². The number of amides is 1. The van der Waals surface area contributed by atoms with E-state index in [0.717, 1.165) is 48.4 Å². The minimum absolute atomic E-state index is 0.108. The zero-order valence-corrected chi connectivity index (χ0v) is 18.9. The molecule has 0 atom stereocenters. The van der Waals surface area contributed by atoms with Crippen molar-refractivity contribution >= 4 is 50.7 Å². The average molecular weight is 460 g/mol. The van der Waals surface area contributed by atoms with E-state index in [2.05, 4.69) is 10.3 Å². The lowest BCUT2D eigenvalue weighted by atomic mass is 10.2. The molecule has 3 heterocycles. The van der Waals surface area contributed by atoms with Crippen LogP contribution < -0.4 is 10.9 Å². The van der Waals surface area contributed by atoms with E-state index in [-0.39, 0.29) is 5.56 Å². The van der Waals surface area contributed by atoms with Gasteiger partial charge in [-0.05, 0) is 49.9 Å². The molecule has 0 saturated heterocycles.